The van der Waals surface area contributed by atoms with Crippen LogP contribution in [0, 0.1) is 5.92 Å². The highest BCUT2D eigenvalue weighted by atomic mass is 32.1. The minimum absolute atomic E-state index is 0.00166. The molecule has 8 heteroatoms. The van der Waals surface area contributed by atoms with Crippen molar-refractivity contribution in [3.8, 4) is 0 Å². The third-order valence-corrected chi connectivity index (χ3v) is 5.08. The molecule has 1 aromatic rings. The van der Waals surface area contributed by atoms with E-state index < -0.39 is 12.3 Å². The second kappa shape index (κ2) is 13.5. The highest BCUT2D eigenvalue weighted by Gasteiger charge is 2.38. The summed E-state index contributed by atoms with van der Waals surface area (Å²) in [5.74, 6) is -0.424. The predicted molar refractivity (Wildman–Crippen MR) is 110 cm³/mol. The monoisotopic (exact) mass is 426 g/mol. The van der Waals surface area contributed by atoms with E-state index in [1.807, 2.05) is 24.4 Å². The molecule has 0 bridgehead atoms. The van der Waals surface area contributed by atoms with Gasteiger partial charge in [0.1, 0.15) is 6.61 Å². The Morgan fingerprint density at radius 2 is 2.10 bits per heavy atom. The van der Waals surface area contributed by atoms with E-state index in [4.69, 9.17) is 28.8 Å². The summed E-state index contributed by atoms with van der Waals surface area (Å²) >= 11 is 1.60. The highest BCUT2D eigenvalue weighted by molar-refractivity contribution is 7.08. The van der Waals surface area contributed by atoms with Crippen LogP contribution in [0.1, 0.15) is 24.8 Å². The van der Waals surface area contributed by atoms with Crippen molar-refractivity contribution in [2.75, 3.05) is 46.2 Å². The van der Waals surface area contributed by atoms with Gasteiger partial charge >= 0.3 is 5.97 Å². The molecule has 29 heavy (non-hydrogen) atoms. The minimum Gasteiger partial charge on any atom is -0.457 e. The lowest BCUT2D eigenvalue weighted by Gasteiger charge is -2.36. The van der Waals surface area contributed by atoms with Crippen molar-refractivity contribution in [2.45, 2.75) is 25.6 Å². The van der Waals surface area contributed by atoms with E-state index in [-0.39, 0.29) is 30.8 Å². The van der Waals surface area contributed by atoms with Crippen LogP contribution < -0.4 is 0 Å². The maximum absolute atomic E-state index is 12.3. The highest BCUT2D eigenvalue weighted by Crippen LogP contribution is 2.39. The third kappa shape index (κ3) is 7.56. The molecule has 0 saturated heterocycles. The van der Waals surface area contributed by atoms with Gasteiger partial charge in [-0.3, -0.25) is 0 Å². The summed E-state index contributed by atoms with van der Waals surface area (Å²) in [7, 11) is 0. The second-order valence-corrected chi connectivity index (χ2v) is 7.12. The Bertz CT molecular complexity index is 629. The molecular formula is C21H30O7S. The minimum atomic E-state index is -0.574. The van der Waals surface area contributed by atoms with Gasteiger partial charge in [0.2, 0.25) is 12.0 Å². The lowest BCUT2D eigenvalue weighted by molar-refractivity contribution is -0.176. The number of rotatable bonds is 14. The normalized spacial score (nSPS) is 21.3. The Hall–Kier alpha value is -1.71. The average molecular weight is 427 g/mol. The first-order chi connectivity index (χ1) is 14.2. The molecule has 1 N–H and O–H groups in total. The molecule has 7 nitrogen and oxygen atoms in total. The van der Waals surface area contributed by atoms with Crippen molar-refractivity contribution in [3.63, 3.8) is 0 Å². The molecule has 0 aliphatic carbocycles. The van der Waals surface area contributed by atoms with Gasteiger partial charge in [-0.05, 0) is 41.8 Å². The number of aliphatic hydroxyl groups is 1. The first kappa shape index (κ1) is 23.6. The summed E-state index contributed by atoms with van der Waals surface area (Å²) in [4.78, 5) is 12.3. The number of carbonyl (C=O) groups is 1. The van der Waals surface area contributed by atoms with Gasteiger partial charge in [-0.1, -0.05) is 12.7 Å². The largest absolute Gasteiger partial charge is 0.457 e. The third-order valence-electron chi connectivity index (χ3n) is 4.38. The van der Waals surface area contributed by atoms with Crippen LogP contribution in [0.15, 0.2) is 41.3 Å². The van der Waals surface area contributed by atoms with Crippen LogP contribution in [-0.4, -0.2) is 63.6 Å². The smallest absolute Gasteiger partial charge is 0.373 e. The van der Waals surface area contributed by atoms with Crippen molar-refractivity contribution in [1.82, 2.24) is 0 Å². The molecule has 0 amide bonds. The maximum atomic E-state index is 12.3. The van der Waals surface area contributed by atoms with Gasteiger partial charge in [0.15, 0.2) is 0 Å². The molecule has 1 aromatic heterocycles. The fourth-order valence-corrected chi connectivity index (χ4v) is 3.79. The van der Waals surface area contributed by atoms with Crippen molar-refractivity contribution in [3.05, 3.63) is 46.9 Å². The van der Waals surface area contributed by atoms with Crippen molar-refractivity contribution < 1.29 is 33.6 Å². The van der Waals surface area contributed by atoms with Crippen LogP contribution in [0.3, 0.4) is 0 Å². The van der Waals surface area contributed by atoms with Gasteiger partial charge in [0.25, 0.3) is 0 Å². The zero-order valence-electron chi connectivity index (χ0n) is 16.8. The van der Waals surface area contributed by atoms with E-state index in [0.717, 1.165) is 5.56 Å². The zero-order valence-corrected chi connectivity index (χ0v) is 17.6. The van der Waals surface area contributed by atoms with Crippen molar-refractivity contribution >= 4 is 17.3 Å². The van der Waals surface area contributed by atoms with Gasteiger partial charge in [-0.25, -0.2) is 4.79 Å². The number of hydrogen-bond acceptors (Lipinski definition) is 8. The summed E-state index contributed by atoms with van der Waals surface area (Å²) in [6, 6.07) is 2.05. The quantitative estimate of drug-likeness (QED) is 0.278. The molecule has 0 saturated carbocycles. The Balaban J connectivity index is 2.07. The molecule has 0 radical (unpaired) electrons. The molecule has 1 aliphatic rings. The Labute approximate surface area is 175 Å². The number of ether oxygens (including phenoxy) is 5. The zero-order chi connectivity index (χ0) is 20.9. The lowest BCUT2D eigenvalue weighted by Crippen LogP contribution is -2.37. The van der Waals surface area contributed by atoms with E-state index in [1.54, 1.807) is 11.3 Å². The summed E-state index contributed by atoms with van der Waals surface area (Å²) in [5, 5.41) is 12.8. The average Bonchev–Trinajstić information content (AvgIpc) is 3.26. The fraction of sp³-hybridized carbons (Fsp3) is 0.571. The van der Waals surface area contributed by atoms with Crippen LogP contribution in [-0.2, 0) is 28.5 Å². The first-order valence-electron chi connectivity index (χ1n) is 9.77. The Morgan fingerprint density at radius 3 is 2.76 bits per heavy atom. The number of carbonyl (C=O) groups excluding carboxylic acids is 1. The standard InChI is InChI=1S/C21H30O7S/c1-3-8-27-20(23)19-14-18(16-6-13-29-15-16)17(21(28-19)26-4-2)5-9-24-11-12-25-10-7-22/h3,6,13-15,17-18,21-22H,1,4-5,7-12H2,2H3/t17-,18+,21+/m1/s1. The maximum Gasteiger partial charge on any atom is 0.373 e. The van der Waals surface area contributed by atoms with Gasteiger partial charge in [0, 0.05) is 25.0 Å². The second-order valence-electron chi connectivity index (χ2n) is 6.34. The molecule has 1 aliphatic heterocycles. The van der Waals surface area contributed by atoms with E-state index in [9.17, 15) is 4.79 Å². The summed E-state index contributed by atoms with van der Waals surface area (Å²) in [6.07, 6.45) is 3.45. The van der Waals surface area contributed by atoms with Crippen LogP contribution in [0.2, 0.25) is 0 Å². The van der Waals surface area contributed by atoms with Gasteiger partial charge < -0.3 is 28.8 Å². The predicted octanol–water partition coefficient (Wildman–Crippen LogP) is 2.87. The van der Waals surface area contributed by atoms with Crippen LogP contribution in [0.5, 0.6) is 0 Å². The van der Waals surface area contributed by atoms with Crippen molar-refractivity contribution in [1.29, 1.82) is 0 Å². The molecule has 162 valence electrons. The number of thiophene rings is 1. The molecule has 0 spiro atoms. The molecular weight excluding hydrogens is 396 g/mol. The molecule has 2 rings (SSSR count). The van der Waals surface area contributed by atoms with Crippen LogP contribution in [0.4, 0.5) is 0 Å². The summed E-state index contributed by atoms with van der Waals surface area (Å²) < 4.78 is 27.7. The van der Waals surface area contributed by atoms with Crippen LogP contribution >= 0.6 is 11.3 Å². The van der Waals surface area contributed by atoms with E-state index >= 15 is 0 Å². The topological polar surface area (TPSA) is 83.5 Å². The Kier molecular flexibility index (Phi) is 11.0. The van der Waals surface area contributed by atoms with Crippen molar-refractivity contribution in [2.24, 2.45) is 5.92 Å². The first-order valence-corrected chi connectivity index (χ1v) is 10.7. The number of aliphatic hydroxyl groups excluding tert-OH is 1. The van der Waals surface area contributed by atoms with E-state index in [1.165, 1.54) is 6.08 Å². The molecule has 0 unspecified atom stereocenters. The Morgan fingerprint density at radius 1 is 1.31 bits per heavy atom. The SMILES string of the molecule is C=CCOC(=O)C1=C[C@@H](c2ccsc2)[C@@H](CCOCCOCCO)[C@@H](OCC)O1. The summed E-state index contributed by atoms with van der Waals surface area (Å²) in [5.41, 5.74) is 1.10. The van der Waals surface area contributed by atoms with E-state index in [2.05, 4.69) is 12.0 Å². The lowest BCUT2D eigenvalue weighted by atomic mass is 9.82. The van der Waals surface area contributed by atoms with Gasteiger partial charge in [-0.2, -0.15) is 11.3 Å². The molecule has 2 heterocycles. The summed E-state index contributed by atoms with van der Waals surface area (Å²) in [6.45, 7) is 7.73. The molecule has 0 aromatic carbocycles. The van der Waals surface area contributed by atoms with Gasteiger partial charge in [-0.15, -0.1) is 0 Å². The van der Waals surface area contributed by atoms with E-state index in [0.29, 0.717) is 39.5 Å². The molecule has 0 fully saturated rings. The fourth-order valence-electron chi connectivity index (χ4n) is 3.08. The van der Waals surface area contributed by atoms with Gasteiger partial charge in [0.05, 0.1) is 26.4 Å². The molecule has 3 atom stereocenters. The number of hydrogen-bond donors (Lipinski definition) is 1. The number of esters is 1. The number of allylic oxidation sites excluding steroid dienone is 1. The van der Waals surface area contributed by atoms with Crippen LogP contribution in [0.25, 0.3) is 0 Å².